The molecule has 1 aromatic carbocycles. The highest BCUT2D eigenvalue weighted by molar-refractivity contribution is 6.33. The summed E-state index contributed by atoms with van der Waals surface area (Å²) >= 11 is 5.82. The third-order valence-electron chi connectivity index (χ3n) is 2.43. The van der Waals surface area contributed by atoms with E-state index in [4.69, 9.17) is 16.7 Å². The van der Waals surface area contributed by atoms with Crippen LogP contribution in [-0.2, 0) is 0 Å². The number of rotatable bonds is 5. The van der Waals surface area contributed by atoms with Crippen LogP contribution in [0, 0.1) is 5.82 Å². The monoisotopic (exact) mass is 259 g/mol. The van der Waals surface area contributed by atoms with E-state index < -0.39 is 11.7 Å². The van der Waals surface area contributed by atoms with Gasteiger partial charge in [0.1, 0.15) is 5.82 Å². The Morgan fingerprint density at radius 3 is 2.76 bits per heavy atom. The molecule has 17 heavy (non-hydrogen) atoms. The zero-order chi connectivity index (χ0) is 12.8. The first-order chi connectivity index (χ1) is 8.11. The molecule has 0 aliphatic carbocycles. The molecule has 1 N–H and O–H groups in total. The van der Waals surface area contributed by atoms with E-state index in [0.29, 0.717) is 19.5 Å². The van der Waals surface area contributed by atoms with E-state index in [9.17, 15) is 9.18 Å². The molecule has 0 atom stereocenters. The molecule has 0 radical (unpaired) electrons. The van der Waals surface area contributed by atoms with Crippen molar-refractivity contribution in [2.75, 3.05) is 19.7 Å². The number of amides is 1. The van der Waals surface area contributed by atoms with Crippen LogP contribution in [0.25, 0.3) is 0 Å². The average molecular weight is 260 g/mol. The lowest BCUT2D eigenvalue weighted by molar-refractivity contribution is 0.0750. The Hall–Kier alpha value is -1.13. The van der Waals surface area contributed by atoms with E-state index in [1.54, 1.807) is 6.92 Å². The fourth-order valence-corrected chi connectivity index (χ4v) is 1.77. The first kappa shape index (κ1) is 13.9. The van der Waals surface area contributed by atoms with E-state index in [1.807, 2.05) is 0 Å². The van der Waals surface area contributed by atoms with Gasteiger partial charge >= 0.3 is 0 Å². The van der Waals surface area contributed by atoms with Crippen molar-refractivity contribution in [3.8, 4) is 0 Å². The second-order valence-electron chi connectivity index (χ2n) is 3.56. The van der Waals surface area contributed by atoms with Gasteiger partial charge in [0.25, 0.3) is 5.91 Å². The number of aliphatic hydroxyl groups is 1. The average Bonchev–Trinajstić information content (AvgIpc) is 2.30. The van der Waals surface area contributed by atoms with E-state index in [2.05, 4.69) is 0 Å². The highest BCUT2D eigenvalue weighted by Crippen LogP contribution is 2.20. The van der Waals surface area contributed by atoms with E-state index in [1.165, 1.54) is 23.1 Å². The first-order valence-electron chi connectivity index (χ1n) is 5.46. The zero-order valence-corrected chi connectivity index (χ0v) is 10.4. The van der Waals surface area contributed by atoms with Crippen LogP contribution < -0.4 is 0 Å². The molecule has 0 spiro atoms. The molecule has 5 heteroatoms. The predicted molar refractivity (Wildman–Crippen MR) is 64.7 cm³/mol. The Labute approximate surface area is 105 Å². The van der Waals surface area contributed by atoms with Gasteiger partial charge in [-0.3, -0.25) is 4.79 Å². The zero-order valence-electron chi connectivity index (χ0n) is 9.62. The molecule has 0 bridgehead atoms. The van der Waals surface area contributed by atoms with Gasteiger partial charge in [0.15, 0.2) is 0 Å². The Bertz CT molecular complexity index is 378. The highest BCUT2D eigenvalue weighted by atomic mass is 35.5. The molecule has 0 aliphatic heterocycles. The molecule has 0 fully saturated rings. The Kier molecular flexibility index (Phi) is 5.38. The van der Waals surface area contributed by atoms with Crippen molar-refractivity contribution in [2.45, 2.75) is 13.3 Å². The maximum absolute atomic E-state index is 13.5. The smallest absolute Gasteiger partial charge is 0.258 e. The second kappa shape index (κ2) is 6.57. The molecule has 0 saturated carbocycles. The van der Waals surface area contributed by atoms with Gasteiger partial charge in [0.05, 0.1) is 10.6 Å². The minimum atomic E-state index is -0.620. The fraction of sp³-hybridized carbons (Fsp3) is 0.417. The highest BCUT2D eigenvalue weighted by Gasteiger charge is 2.20. The second-order valence-corrected chi connectivity index (χ2v) is 3.97. The van der Waals surface area contributed by atoms with Crippen molar-refractivity contribution in [3.05, 3.63) is 34.6 Å². The molecule has 0 aliphatic rings. The third kappa shape index (κ3) is 3.41. The Balaban J connectivity index is 2.93. The standard InChI is InChI=1S/C12H15ClFNO2/c1-2-15(7-4-8-16)12(17)11-9(13)5-3-6-10(11)14/h3,5-6,16H,2,4,7-8H2,1H3. The summed E-state index contributed by atoms with van der Waals surface area (Å²) < 4.78 is 13.5. The van der Waals surface area contributed by atoms with Crippen molar-refractivity contribution in [3.63, 3.8) is 0 Å². The van der Waals surface area contributed by atoms with E-state index >= 15 is 0 Å². The number of aliphatic hydroxyl groups excluding tert-OH is 1. The predicted octanol–water partition coefficient (Wildman–Crippen LogP) is 2.32. The molecule has 0 saturated heterocycles. The van der Waals surface area contributed by atoms with Crippen LogP contribution in [0.4, 0.5) is 4.39 Å². The van der Waals surface area contributed by atoms with Crippen LogP contribution in [0.5, 0.6) is 0 Å². The van der Waals surface area contributed by atoms with Crippen molar-refractivity contribution in [1.29, 1.82) is 0 Å². The van der Waals surface area contributed by atoms with Crippen LogP contribution in [0.3, 0.4) is 0 Å². The van der Waals surface area contributed by atoms with Gasteiger partial charge in [-0.1, -0.05) is 17.7 Å². The number of hydrogen-bond acceptors (Lipinski definition) is 2. The number of hydrogen-bond donors (Lipinski definition) is 1. The van der Waals surface area contributed by atoms with Crippen molar-refractivity contribution in [2.24, 2.45) is 0 Å². The van der Waals surface area contributed by atoms with Gasteiger partial charge in [-0.25, -0.2) is 4.39 Å². The summed E-state index contributed by atoms with van der Waals surface area (Å²) in [6, 6.07) is 4.15. The SMILES string of the molecule is CCN(CCCO)C(=O)c1c(F)cccc1Cl. The molecular weight excluding hydrogens is 245 g/mol. The lowest BCUT2D eigenvalue weighted by atomic mass is 10.1. The van der Waals surface area contributed by atoms with E-state index in [0.717, 1.165) is 0 Å². The molecule has 1 amide bonds. The third-order valence-corrected chi connectivity index (χ3v) is 2.75. The number of benzene rings is 1. The summed E-state index contributed by atoms with van der Waals surface area (Å²) in [5.74, 6) is -1.06. The summed E-state index contributed by atoms with van der Waals surface area (Å²) in [4.78, 5) is 13.5. The van der Waals surface area contributed by atoms with Gasteiger partial charge in [-0.2, -0.15) is 0 Å². The number of carbonyl (C=O) groups excluding carboxylic acids is 1. The summed E-state index contributed by atoms with van der Waals surface area (Å²) in [6.45, 7) is 2.62. The van der Waals surface area contributed by atoms with Gasteiger partial charge in [0, 0.05) is 19.7 Å². The minimum Gasteiger partial charge on any atom is -0.396 e. The Morgan fingerprint density at radius 2 is 2.24 bits per heavy atom. The molecule has 0 heterocycles. The summed E-state index contributed by atoms with van der Waals surface area (Å²) in [7, 11) is 0. The number of nitrogens with zero attached hydrogens (tertiary/aromatic N) is 1. The van der Waals surface area contributed by atoms with Gasteiger partial charge in [-0.15, -0.1) is 0 Å². The van der Waals surface area contributed by atoms with E-state index in [-0.39, 0.29) is 17.2 Å². The molecule has 94 valence electrons. The van der Waals surface area contributed by atoms with Crippen molar-refractivity contribution < 1.29 is 14.3 Å². The van der Waals surface area contributed by atoms with Crippen LogP contribution in [0.15, 0.2) is 18.2 Å². The summed E-state index contributed by atoms with van der Waals surface area (Å²) in [5.41, 5.74) is -0.103. The Morgan fingerprint density at radius 1 is 1.53 bits per heavy atom. The summed E-state index contributed by atoms with van der Waals surface area (Å²) in [5, 5.41) is 8.84. The number of halogens is 2. The topological polar surface area (TPSA) is 40.5 Å². The maximum Gasteiger partial charge on any atom is 0.258 e. The van der Waals surface area contributed by atoms with Gasteiger partial charge in [-0.05, 0) is 25.5 Å². The fourth-order valence-electron chi connectivity index (χ4n) is 1.53. The van der Waals surface area contributed by atoms with Crippen molar-refractivity contribution >= 4 is 17.5 Å². The molecule has 0 unspecified atom stereocenters. The normalized spacial score (nSPS) is 10.4. The lowest BCUT2D eigenvalue weighted by Gasteiger charge is -2.21. The van der Waals surface area contributed by atoms with Crippen LogP contribution in [0.2, 0.25) is 5.02 Å². The quantitative estimate of drug-likeness (QED) is 0.882. The van der Waals surface area contributed by atoms with Crippen molar-refractivity contribution in [1.82, 2.24) is 4.90 Å². The largest absolute Gasteiger partial charge is 0.396 e. The van der Waals surface area contributed by atoms with Crippen LogP contribution in [0.1, 0.15) is 23.7 Å². The minimum absolute atomic E-state index is 0.00517. The molecule has 0 aromatic heterocycles. The molecule has 1 aromatic rings. The van der Waals surface area contributed by atoms with Gasteiger partial charge in [0.2, 0.25) is 0 Å². The van der Waals surface area contributed by atoms with Crippen LogP contribution >= 0.6 is 11.6 Å². The lowest BCUT2D eigenvalue weighted by Crippen LogP contribution is -2.33. The molecule has 1 rings (SSSR count). The molecular formula is C12H15ClFNO2. The van der Waals surface area contributed by atoms with Gasteiger partial charge < -0.3 is 10.0 Å². The summed E-state index contributed by atoms with van der Waals surface area (Å²) in [6.07, 6.45) is 0.464. The van der Waals surface area contributed by atoms with Crippen LogP contribution in [-0.4, -0.2) is 35.6 Å². The number of carbonyl (C=O) groups is 1. The maximum atomic E-state index is 13.5. The molecule has 3 nitrogen and oxygen atoms in total. The first-order valence-corrected chi connectivity index (χ1v) is 5.83.